The van der Waals surface area contributed by atoms with Gasteiger partial charge in [-0.15, -0.1) is 11.3 Å². The second-order valence-electron chi connectivity index (χ2n) is 7.08. The van der Waals surface area contributed by atoms with E-state index in [1.807, 2.05) is 20.8 Å². The summed E-state index contributed by atoms with van der Waals surface area (Å²) in [5.41, 5.74) is 1.15. The normalized spacial score (nSPS) is 16.8. The number of anilines is 1. The lowest BCUT2D eigenvalue weighted by Crippen LogP contribution is -2.27. The van der Waals surface area contributed by atoms with Crippen molar-refractivity contribution in [2.24, 2.45) is 0 Å². The van der Waals surface area contributed by atoms with Crippen molar-refractivity contribution < 1.29 is 9.53 Å². The van der Waals surface area contributed by atoms with Gasteiger partial charge in [-0.2, -0.15) is 5.26 Å². The van der Waals surface area contributed by atoms with Crippen molar-refractivity contribution >= 4 is 22.4 Å². The third-order valence-electron chi connectivity index (χ3n) is 3.59. The fraction of sp³-hybridized carbons (Fsp3) is 0.625. The third-order valence-corrected chi connectivity index (χ3v) is 4.75. The number of aryl methyl sites for hydroxylation is 1. The molecule has 1 aromatic heterocycles. The van der Waals surface area contributed by atoms with Crippen LogP contribution in [0.25, 0.3) is 0 Å². The van der Waals surface area contributed by atoms with Gasteiger partial charge in [0, 0.05) is 4.88 Å². The van der Waals surface area contributed by atoms with Crippen LogP contribution in [0.2, 0.25) is 0 Å². The van der Waals surface area contributed by atoms with Crippen molar-refractivity contribution in [2.75, 3.05) is 5.32 Å². The van der Waals surface area contributed by atoms with Gasteiger partial charge >= 0.3 is 6.09 Å². The summed E-state index contributed by atoms with van der Waals surface area (Å²) < 4.78 is 5.27. The Morgan fingerprint density at radius 3 is 2.67 bits per heavy atom. The molecule has 0 aliphatic heterocycles. The van der Waals surface area contributed by atoms with Gasteiger partial charge in [-0.1, -0.05) is 13.8 Å². The number of carbonyl (C=O) groups is 1. The number of hydrogen-bond donors (Lipinski definition) is 1. The van der Waals surface area contributed by atoms with Crippen LogP contribution >= 0.6 is 11.3 Å². The fourth-order valence-electron chi connectivity index (χ4n) is 2.78. The van der Waals surface area contributed by atoms with Crippen molar-refractivity contribution in [3.63, 3.8) is 0 Å². The monoisotopic (exact) mass is 306 g/mol. The molecule has 0 bridgehead atoms. The predicted octanol–water partition coefficient (Wildman–Crippen LogP) is 4.58. The van der Waals surface area contributed by atoms with E-state index in [2.05, 4.69) is 25.2 Å². The summed E-state index contributed by atoms with van der Waals surface area (Å²) in [7, 11) is 0. The lowest BCUT2D eigenvalue weighted by molar-refractivity contribution is 0.0636. The van der Waals surface area contributed by atoms with E-state index in [4.69, 9.17) is 4.74 Å². The SMILES string of the molecule is CC(C)(C)OC(=O)Nc1sc2c(c1C#N)C(C)(C)CCC2. The number of thiophene rings is 1. The minimum atomic E-state index is -0.549. The smallest absolute Gasteiger partial charge is 0.412 e. The first-order valence-electron chi connectivity index (χ1n) is 7.20. The average molecular weight is 306 g/mol. The van der Waals surface area contributed by atoms with Crippen molar-refractivity contribution in [3.8, 4) is 6.07 Å². The van der Waals surface area contributed by atoms with E-state index in [1.165, 1.54) is 16.2 Å². The first-order chi connectivity index (χ1) is 9.64. The van der Waals surface area contributed by atoms with Crippen LogP contribution in [-0.4, -0.2) is 11.7 Å². The van der Waals surface area contributed by atoms with Gasteiger partial charge in [0.15, 0.2) is 0 Å². The summed E-state index contributed by atoms with van der Waals surface area (Å²) in [6.07, 6.45) is 2.67. The number of hydrogen-bond acceptors (Lipinski definition) is 4. The maximum Gasteiger partial charge on any atom is 0.412 e. The second kappa shape index (κ2) is 5.34. The molecule has 1 aromatic rings. The minimum Gasteiger partial charge on any atom is -0.444 e. The fourth-order valence-corrected chi connectivity index (χ4v) is 4.13. The molecule has 0 aromatic carbocycles. The van der Waals surface area contributed by atoms with Gasteiger partial charge in [0.25, 0.3) is 0 Å². The number of nitrogens with zero attached hydrogens (tertiary/aromatic N) is 1. The molecular weight excluding hydrogens is 284 g/mol. The van der Waals surface area contributed by atoms with Crippen LogP contribution in [-0.2, 0) is 16.6 Å². The Labute approximate surface area is 130 Å². The first kappa shape index (κ1) is 15.8. The molecule has 1 N–H and O–H groups in total. The molecule has 5 heteroatoms. The van der Waals surface area contributed by atoms with Crippen LogP contribution in [0, 0.1) is 11.3 Å². The van der Waals surface area contributed by atoms with Gasteiger partial charge in [0.2, 0.25) is 0 Å². The number of ether oxygens (including phenoxy) is 1. The molecule has 0 spiro atoms. The Bertz CT molecular complexity index is 603. The minimum absolute atomic E-state index is 0.0109. The Balaban J connectivity index is 2.33. The molecule has 0 radical (unpaired) electrons. The van der Waals surface area contributed by atoms with Crippen molar-refractivity contribution in [2.45, 2.75) is 64.9 Å². The van der Waals surface area contributed by atoms with Gasteiger partial charge in [0.1, 0.15) is 16.7 Å². The molecule has 1 aliphatic rings. The van der Waals surface area contributed by atoms with E-state index < -0.39 is 11.7 Å². The Morgan fingerprint density at radius 1 is 1.43 bits per heavy atom. The molecule has 0 atom stereocenters. The van der Waals surface area contributed by atoms with Crippen LogP contribution in [0.15, 0.2) is 0 Å². The Morgan fingerprint density at radius 2 is 2.10 bits per heavy atom. The molecule has 0 unspecified atom stereocenters. The molecule has 4 nitrogen and oxygen atoms in total. The molecule has 21 heavy (non-hydrogen) atoms. The maximum absolute atomic E-state index is 11.9. The number of nitriles is 1. The van der Waals surface area contributed by atoms with Crippen molar-refractivity contribution in [1.82, 2.24) is 0 Å². The first-order valence-corrected chi connectivity index (χ1v) is 8.02. The quantitative estimate of drug-likeness (QED) is 0.826. The second-order valence-corrected chi connectivity index (χ2v) is 8.19. The standard InChI is InChI=1S/C16H22N2O2S/c1-15(2,3)20-14(19)18-13-10(9-17)12-11(21-13)7-6-8-16(12,4)5/h6-8H2,1-5H3,(H,18,19). The van der Waals surface area contributed by atoms with Crippen molar-refractivity contribution in [1.29, 1.82) is 5.26 Å². The van der Waals surface area contributed by atoms with E-state index in [9.17, 15) is 10.1 Å². The van der Waals surface area contributed by atoms with Crippen LogP contribution < -0.4 is 5.32 Å². The maximum atomic E-state index is 11.9. The lowest BCUT2D eigenvalue weighted by Gasteiger charge is -2.30. The number of nitrogens with one attached hydrogen (secondary N) is 1. The van der Waals surface area contributed by atoms with Gasteiger partial charge in [-0.25, -0.2) is 4.79 Å². The van der Waals surface area contributed by atoms with Crippen LogP contribution in [0.1, 0.15) is 63.5 Å². The van der Waals surface area contributed by atoms with Crippen LogP contribution in [0.5, 0.6) is 0 Å². The molecule has 1 heterocycles. The zero-order valence-electron chi connectivity index (χ0n) is 13.3. The summed E-state index contributed by atoms with van der Waals surface area (Å²) in [4.78, 5) is 13.2. The lowest BCUT2D eigenvalue weighted by atomic mass is 9.74. The Kier molecular flexibility index (Phi) is 4.03. The largest absolute Gasteiger partial charge is 0.444 e. The predicted molar refractivity (Wildman–Crippen MR) is 84.9 cm³/mol. The van der Waals surface area contributed by atoms with E-state index in [-0.39, 0.29) is 5.41 Å². The zero-order valence-corrected chi connectivity index (χ0v) is 14.1. The molecule has 1 amide bonds. The number of carbonyl (C=O) groups excluding carboxylic acids is 1. The number of fused-ring (bicyclic) bond motifs is 1. The van der Waals surface area contributed by atoms with Crippen LogP contribution in [0.4, 0.5) is 9.80 Å². The summed E-state index contributed by atoms with van der Waals surface area (Å²) in [5.74, 6) is 0. The number of rotatable bonds is 1. The third kappa shape index (κ3) is 3.38. The molecule has 2 rings (SSSR count). The number of amides is 1. The van der Waals surface area contributed by atoms with Gasteiger partial charge < -0.3 is 4.74 Å². The highest BCUT2D eigenvalue weighted by Crippen LogP contribution is 2.46. The summed E-state index contributed by atoms with van der Waals surface area (Å²) >= 11 is 1.51. The van der Waals surface area contributed by atoms with Crippen molar-refractivity contribution in [3.05, 3.63) is 16.0 Å². The Hall–Kier alpha value is -1.54. The van der Waals surface area contributed by atoms with E-state index in [0.717, 1.165) is 24.8 Å². The highest BCUT2D eigenvalue weighted by molar-refractivity contribution is 7.16. The highest BCUT2D eigenvalue weighted by Gasteiger charge is 2.34. The van der Waals surface area contributed by atoms with Crippen LogP contribution in [0.3, 0.4) is 0 Å². The topological polar surface area (TPSA) is 62.1 Å². The molecule has 1 aliphatic carbocycles. The van der Waals surface area contributed by atoms with E-state index >= 15 is 0 Å². The van der Waals surface area contributed by atoms with Gasteiger partial charge in [-0.05, 0) is 51.0 Å². The average Bonchev–Trinajstić information content (AvgIpc) is 2.64. The van der Waals surface area contributed by atoms with E-state index in [0.29, 0.717) is 10.6 Å². The molecule has 114 valence electrons. The summed E-state index contributed by atoms with van der Waals surface area (Å²) in [6.45, 7) is 9.78. The molecular formula is C16H22N2O2S. The molecule has 0 saturated heterocycles. The molecule has 0 fully saturated rings. The van der Waals surface area contributed by atoms with Gasteiger partial charge in [-0.3, -0.25) is 5.32 Å². The molecule has 0 saturated carbocycles. The summed E-state index contributed by atoms with van der Waals surface area (Å²) in [5, 5.41) is 12.9. The zero-order chi connectivity index (χ0) is 15.8. The highest BCUT2D eigenvalue weighted by atomic mass is 32.1. The summed E-state index contributed by atoms with van der Waals surface area (Å²) in [6, 6.07) is 2.27. The van der Waals surface area contributed by atoms with Gasteiger partial charge in [0.05, 0.1) is 5.56 Å². The van der Waals surface area contributed by atoms with E-state index in [1.54, 1.807) is 0 Å².